The van der Waals surface area contributed by atoms with E-state index in [1.165, 1.54) is 0 Å². The van der Waals surface area contributed by atoms with E-state index in [1.54, 1.807) is 18.3 Å². The van der Waals surface area contributed by atoms with Gasteiger partial charge < -0.3 is 5.32 Å². The maximum atomic E-state index is 8.62. The molecule has 1 rings (SSSR count). The van der Waals surface area contributed by atoms with Crippen LogP contribution in [0.5, 0.6) is 0 Å². The average molecular weight is 161 g/mol. The quantitative estimate of drug-likeness (QED) is 0.709. The zero-order valence-electron chi connectivity index (χ0n) is 7.20. The van der Waals surface area contributed by atoms with Gasteiger partial charge in [-0.05, 0) is 26.1 Å². The fraction of sp³-hybridized carbons (Fsp3) is 0.333. The molecule has 0 unspecified atom stereocenters. The summed E-state index contributed by atoms with van der Waals surface area (Å²) < 4.78 is 0. The highest BCUT2D eigenvalue weighted by Crippen LogP contribution is 2.09. The van der Waals surface area contributed by atoms with Crippen molar-refractivity contribution in [1.29, 1.82) is 5.26 Å². The van der Waals surface area contributed by atoms with Crippen molar-refractivity contribution in [3.8, 4) is 6.07 Å². The van der Waals surface area contributed by atoms with E-state index in [2.05, 4.69) is 16.4 Å². The Kier molecular flexibility index (Phi) is 2.78. The Morgan fingerprint density at radius 2 is 2.42 bits per heavy atom. The van der Waals surface area contributed by atoms with E-state index in [4.69, 9.17) is 5.26 Å². The van der Waals surface area contributed by atoms with Gasteiger partial charge in [0.25, 0.3) is 0 Å². The van der Waals surface area contributed by atoms with E-state index < -0.39 is 0 Å². The van der Waals surface area contributed by atoms with Crippen LogP contribution < -0.4 is 5.32 Å². The molecule has 0 amide bonds. The van der Waals surface area contributed by atoms with Gasteiger partial charge in [0.1, 0.15) is 0 Å². The van der Waals surface area contributed by atoms with Gasteiger partial charge in [0.15, 0.2) is 0 Å². The molecule has 1 N–H and O–H groups in total. The molecule has 12 heavy (non-hydrogen) atoms. The van der Waals surface area contributed by atoms with Crippen LogP contribution >= 0.6 is 0 Å². The first-order valence-electron chi connectivity index (χ1n) is 3.81. The fourth-order valence-corrected chi connectivity index (χ4v) is 0.903. The monoisotopic (exact) mass is 161 g/mol. The molecule has 0 aliphatic carbocycles. The van der Waals surface area contributed by atoms with Gasteiger partial charge in [0.2, 0.25) is 0 Å². The lowest BCUT2D eigenvalue weighted by Crippen LogP contribution is -2.13. The summed E-state index contributed by atoms with van der Waals surface area (Å²) in [5.41, 5.74) is 1.55. The zero-order valence-corrected chi connectivity index (χ0v) is 7.20. The highest BCUT2D eigenvalue weighted by molar-refractivity contribution is 5.29. The minimum atomic E-state index is 0.193. The normalized spacial score (nSPS) is 12.1. The van der Waals surface area contributed by atoms with Crippen LogP contribution in [-0.2, 0) is 0 Å². The number of hydrogen-bond acceptors (Lipinski definition) is 3. The van der Waals surface area contributed by atoms with Crippen molar-refractivity contribution in [1.82, 2.24) is 10.3 Å². The molecule has 62 valence electrons. The topological polar surface area (TPSA) is 48.7 Å². The molecule has 1 atom stereocenters. The van der Waals surface area contributed by atoms with Crippen molar-refractivity contribution in [3.63, 3.8) is 0 Å². The second kappa shape index (κ2) is 3.84. The number of nitrogens with zero attached hydrogens (tertiary/aromatic N) is 2. The molecule has 0 fully saturated rings. The summed E-state index contributed by atoms with van der Waals surface area (Å²) in [5, 5.41) is 11.7. The summed E-state index contributed by atoms with van der Waals surface area (Å²) >= 11 is 0. The summed E-state index contributed by atoms with van der Waals surface area (Å²) in [6.45, 7) is 2.00. The van der Waals surface area contributed by atoms with Crippen LogP contribution in [0.3, 0.4) is 0 Å². The number of rotatable bonds is 2. The van der Waals surface area contributed by atoms with E-state index in [9.17, 15) is 0 Å². The third-order valence-electron chi connectivity index (χ3n) is 1.79. The van der Waals surface area contributed by atoms with Gasteiger partial charge in [-0.25, -0.2) is 0 Å². The molecule has 0 radical (unpaired) electrons. The van der Waals surface area contributed by atoms with E-state index >= 15 is 0 Å². The Hall–Kier alpha value is -1.40. The van der Waals surface area contributed by atoms with Gasteiger partial charge >= 0.3 is 0 Å². The summed E-state index contributed by atoms with van der Waals surface area (Å²) in [6, 6.07) is 5.76. The Bertz CT molecular complexity index is 301. The van der Waals surface area contributed by atoms with Crippen molar-refractivity contribution < 1.29 is 0 Å². The molecule has 0 bridgehead atoms. The number of aromatic nitrogens is 1. The van der Waals surface area contributed by atoms with Gasteiger partial charge in [-0.2, -0.15) is 5.26 Å². The van der Waals surface area contributed by atoms with Crippen molar-refractivity contribution in [2.24, 2.45) is 0 Å². The first-order valence-corrected chi connectivity index (χ1v) is 3.81. The molecule has 1 aromatic rings. The maximum Gasteiger partial charge on any atom is 0.0992 e. The molecular weight excluding hydrogens is 150 g/mol. The Morgan fingerprint density at radius 1 is 1.67 bits per heavy atom. The highest BCUT2D eigenvalue weighted by Gasteiger charge is 2.03. The van der Waals surface area contributed by atoms with E-state index in [1.807, 2.05) is 14.0 Å². The lowest BCUT2D eigenvalue weighted by molar-refractivity contribution is 0.632. The van der Waals surface area contributed by atoms with Crippen molar-refractivity contribution in [2.75, 3.05) is 7.05 Å². The molecule has 0 aromatic carbocycles. The van der Waals surface area contributed by atoms with Crippen LogP contribution in [0.1, 0.15) is 24.2 Å². The highest BCUT2D eigenvalue weighted by atomic mass is 14.9. The summed E-state index contributed by atoms with van der Waals surface area (Å²) in [4.78, 5) is 4.14. The lowest BCUT2D eigenvalue weighted by atomic mass is 10.1. The molecule has 1 heterocycles. The first-order chi connectivity index (χ1) is 5.77. The molecular formula is C9H11N3. The standard InChI is InChI=1S/C9H11N3/c1-7(11-2)9-5-8(6-10)3-4-12-9/h3-5,7,11H,1-2H3/t7-/m1/s1. The smallest absolute Gasteiger partial charge is 0.0992 e. The predicted octanol–water partition coefficient (Wildman–Crippen LogP) is 1.23. The Morgan fingerprint density at radius 3 is 3.00 bits per heavy atom. The minimum Gasteiger partial charge on any atom is -0.312 e. The molecule has 3 nitrogen and oxygen atoms in total. The van der Waals surface area contributed by atoms with Crippen LogP contribution in [0.2, 0.25) is 0 Å². The second-order valence-corrected chi connectivity index (χ2v) is 2.59. The van der Waals surface area contributed by atoms with E-state index in [-0.39, 0.29) is 6.04 Å². The molecule has 0 saturated heterocycles. The predicted molar refractivity (Wildman–Crippen MR) is 46.4 cm³/mol. The summed E-state index contributed by atoms with van der Waals surface area (Å²) in [6.07, 6.45) is 1.65. The molecule has 0 aliphatic rings. The van der Waals surface area contributed by atoms with Crippen LogP contribution in [0.25, 0.3) is 0 Å². The average Bonchev–Trinajstić information content (AvgIpc) is 2.17. The molecule has 3 heteroatoms. The number of nitrogens with one attached hydrogen (secondary N) is 1. The van der Waals surface area contributed by atoms with Gasteiger partial charge in [0.05, 0.1) is 17.3 Å². The maximum absolute atomic E-state index is 8.62. The third kappa shape index (κ3) is 1.80. The van der Waals surface area contributed by atoms with Gasteiger partial charge in [-0.15, -0.1) is 0 Å². The van der Waals surface area contributed by atoms with Crippen molar-refractivity contribution >= 4 is 0 Å². The van der Waals surface area contributed by atoms with Crippen LogP contribution in [-0.4, -0.2) is 12.0 Å². The molecule has 0 saturated carbocycles. The van der Waals surface area contributed by atoms with Gasteiger partial charge in [0, 0.05) is 12.2 Å². The van der Waals surface area contributed by atoms with Crippen molar-refractivity contribution in [2.45, 2.75) is 13.0 Å². The second-order valence-electron chi connectivity index (χ2n) is 2.59. The summed E-state index contributed by atoms with van der Waals surface area (Å²) in [5.74, 6) is 0. The van der Waals surface area contributed by atoms with E-state index in [0.717, 1.165) is 5.69 Å². The zero-order chi connectivity index (χ0) is 8.97. The Balaban J connectivity index is 2.95. The van der Waals surface area contributed by atoms with Crippen LogP contribution in [0.15, 0.2) is 18.3 Å². The molecule has 0 spiro atoms. The van der Waals surface area contributed by atoms with Crippen LogP contribution in [0, 0.1) is 11.3 Å². The minimum absolute atomic E-state index is 0.193. The van der Waals surface area contributed by atoms with Crippen molar-refractivity contribution in [3.05, 3.63) is 29.6 Å². The molecule has 0 aliphatic heterocycles. The fourth-order valence-electron chi connectivity index (χ4n) is 0.903. The summed E-state index contributed by atoms with van der Waals surface area (Å²) in [7, 11) is 1.87. The third-order valence-corrected chi connectivity index (χ3v) is 1.79. The number of hydrogen-bond donors (Lipinski definition) is 1. The van der Waals surface area contributed by atoms with Gasteiger partial charge in [-0.3, -0.25) is 4.98 Å². The lowest BCUT2D eigenvalue weighted by Gasteiger charge is -2.08. The largest absolute Gasteiger partial charge is 0.312 e. The Labute approximate surface area is 72.1 Å². The first kappa shape index (κ1) is 8.69. The molecule has 1 aromatic heterocycles. The number of pyridine rings is 1. The van der Waals surface area contributed by atoms with E-state index in [0.29, 0.717) is 5.56 Å². The SMILES string of the molecule is CN[C@H](C)c1cc(C#N)ccn1. The van der Waals surface area contributed by atoms with Gasteiger partial charge in [-0.1, -0.05) is 0 Å². The van der Waals surface area contributed by atoms with Crippen LogP contribution in [0.4, 0.5) is 0 Å². The number of nitriles is 1.